The zero-order chi connectivity index (χ0) is 23.4. The minimum atomic E-state index is 0.161. The predicted molar refractivity (Wildman–Crippen MR) is 134 cm³/mol. The summed E-state index contributed by atoms with van der Waals surface area (Å²) in [4.78, 5) is 30.3. The fourth-order valence-corrected chi connectivity index (χ4v) is 5.68. The number of urea groups is 1. The number of ketones is 1. The number of carbonyl (C=O) groups is 2. The third-order valence-corrected chi connectivity index (χ3v) is 7.24. The van der Waals surface area contributed by atoms with Crippen molar-refractivity contribution in [3.63, 3.8) is 0 Å². The van der Waals surface area contributed by atoms with Gasteiger partial charge in [-0.3, -0.25) is 4.79 Å². The molecule has 2 saturated heterocycles. The quantitative estimate of drug-likeness (QED) is 0.572. The number of likely N-dealkylation sites (tertiary alicyclic amines) is 2. The summed E-state index contributed by atoms with van der Waals surface area (Å²) in [6, 6.07) is 15.4. The summed E-state index contributed by atoms with van der Waals surface area (Å²) in [6.07, 6.45) is 5.21. The third-order valence-electron chi connectivity index (χ3n) is 7.24. The van der Waals surface area contributed by atoms with E-state index in [-0.39, 0.29) is 23.7 Å². The molecule has 2 amide bonds. The standard InChI is InChI=1S/C29H38N2O2/c1-4-23-7-9-26(10-8-23)27-16-25(19-31(20-27)29(33)30-11-5-6-12-30)18-28(32)17-24-14-21(2)13-22(3)15-24/h7-10,13-15,25,27H,4-6,11-12,16-20H2,1-3H3. The van der Waals surface area contributed by atoms with E-state index in [1.165, 1.54) is 22.3 Å². The van der Waals surface area contributed by atoms with E-state index >= 15 is 0 Å². The molecule has 0 spiro atoms. The van der Waals surface area contributed by atoms with Crippen molar-refractivity contribution in [2.45, 2.75) is 65.2 Å². The first-order valence-electron chi connectivity index (χ1n) is 12.6. The number of amides is 2. The molecular formula is C29H38N2O2. The van der Waals surface area contributed by atoms with E-state index in [0.717, 1.165) is 50.9 Å². The van der Waals surface area contributed by atoms with Crippen LogP contribution in [-0.4, -0.2) is 47.8 Å². The maximum atomic E-state index is 13.2. The minimum Gasteiger partial charge on any atom is -0.325 e. The Labute approximate surface area is 199 Å². The van der Waals surface area contributed by atoms with Gasteiger partial charge in [-0.1, -0.05) is 60.5 Å². The van der Waals surface area contributed by atoms with Gasteiger partial charge in [0.1, 0.15) is 5.78 Å². The highest BCUT2D eigenvalue weighted by molar-refractivity contribution is 5.81. The molecule has 4 nitrogen and oxygen atoms in total. The highest BCUT2D eigenvalue weighted by atomic mass is 16.2. The van der Waals surface area contributed by atoms with Gasteiger partial charge in [0.15, 0.2) is 0 Å². The Morgan fingerprint density at radius 3 is 2.18 bits per heavy atom. The lowest BCUT2D eigenvalue weighted by Gasteiger charge is -2.39. The molecule has 4 rings (SSSR count). The number of carbonyl (C=O) groups excluding carboxylic acids is 2. The SMILES string of the molecule is CCc1ccc(C2CC(CC(=O)Cc3cc(C)cc(C)c3)CN(C(=O)N3CCCC3)C2)cc1. The molecule has 0 aromatic heterocycles. The van der Waals surface area contributed by atoms with Gasteiger partial charge in [-0.05, 0) is 62.1 Å². The first-order valence-corrected chi connectivity index (χ1v) is 12.6. The average molecular weight is 447 g/mol. The van der Waals surface area contributed by atoms with E-state index in [9.17, 15) is 9.59 Å². The Morgan fingerprint density at radius 2 is 1.55 bits per heavy atom. The molecule has 0 N–H and O–H groups in total. The van der Waals surface area contributed by atoms with E-state index in [0.29, 0.717) is 19.4 Å². The van der Waals surface area contributed by atoms with Crippen molar-refractivity contribution in [3.8, 4) is 0 Å². The molecule has 2 aliphatic rings. The van der Waals surface area contributed by atoms with Crippen LogP contribution in [0.25, 0.3) is 0 Å². The first-order chi connectivity index (χ1) is 15.9. The minimum absolute atomic E-state index is 0.161. The molecule has 2 heterocycles. The Bertz CT molecular complexity index is 955. The molecule has 33 heavy (non-hydrogen) atoms. The summed E-state index contributed by atoms with van der Waals surface area (Å²) in [6.45, 7) is 9.50. The van der Waals surface area contributed by atoms with Gasteiger partial charge in [-0.25, -0.2) is 4.79 Å². The van der Waals surface area contributed by atoms with Crippen molar-refractivity contribution in [1.82, 2.24) is 9.80 Å². The molecule has 2 unspecified atom stereocenters. The summed E-state index contributed by atoms with van der Waals surface area (Å²) in [5.41, 5.74) is 6.13. The number of Topliss-reactive ketones (excluding diaryl/α,β-unsaturated/α-hetero) is 1. The van der Waals surface area contributed by atoms with Crippen molar-refractivity contribution in [2.24, 2.45) is 5.92 Å². The van der Waals surface area contributed by atoms with Crippen LogP contribution in [-0.2, 0) is 17.6 Å². The largest absolute Gasteiger partial charge is 0.325 e. The molecule has 2 aromatic rings. The van der Waals surface area contributed by atoms with Crippen LogP contribution < -0.4 is 0 Å². The molecule has 2 fully saturated rings. The van der Waals surface area contributed by atoms with Crippen LogP contribution in [0.1, 0.15) is 66.3 Å². The van der Waals surface area contributed by atoms with Gasteiger partial charge < -0.3 is 9.80 Å². The monoisotopic (exact) mass is 446 g/mol. The van der Waals surface area contributed by atoms with Gasteiger partial charge in [0.2, 0.25) is 0 Å². The van der Waals surface area contributed by atoms with Crippen LogP contribution in [0.15, 0.2) is 42.5 Å². The van der Waals surface area contributed by atoms with E-state index in [4.69, 9.17) is 0 Å². The summed E-state index contributed by atoms with van der Waals surface area (Å²) >= 11 is 0. The maximum Gasteiger partial charge on any atom is 0.320 e. The average Bonchev–Trinajstić information content (AvgIpc) is 3.32. The molecule has 2 aliphatic heterocycles. The molecule has 2 aromatic carbocycles. The second kappa shape index (κ2) is 10.5. The van der Waals surface area contributed by atoms with Gasteiger partial charge in [0, 0.05) is 44.9 Å². The van der Waals surface area contributed by atoms with Gasteiger partial charge in [0.05, 0.1) is 0 Å². The van der Waals surface area contributed by atoms with Crippen molar-refractivity contribution >= 4 is 11.8 Å². The van der Waals surface area contributed by atoms with Gasteiger partial charge in [0.25, 0.3) is 0 Å². The second-order valence-corrected chi connectivity index (χ2v) is 10.2. The van der Waals surface area contributed by atoms with E-state index in [1.807, 2.05) is 9.80 Å². The number of nitrogens with zero attached hydrogens (tertiary/aromatic N) is 2. The van der Waals surface area contributed by atoms with Crippen LogP contribution in [0.4, 0.5) is 4.79 Å². The fourth-order valence-electron chi connectivity index (χ4n) is 5.68. The molecule has 0 aliphatic carbocycles. The second-order valence-electron chi connectivity index (χ2n) is 10.2. The summed E-state index contributed by atoms with van der Waals surface area (Å²) < 4.78 is 0. The molecule has 0 saturated carbocycles. The first kappa shape index (κ1) is 23.5. The normalized spacial score (nSPS) is 20.8. The van der Waals surface area contributed by atoms with Crippen LogP contribution in [0.2, 0.25) is 0 Å². The van der Waals surface area contributed by atoms with Gasteiger partial charge >= 0.3 is 6.03 Å². The molecule has 4 heteroatoms. The smallest absolute Gasteiger partial charge is 0.320 e. The topological polar surface area (TPSA) is 40.6 Å². The van der Waals surface area contributed by atoms with Gasteiger partial charge in [-0.2, -0.15) is 0 Å². The maximum absolute atomic E-state index is 13.2. The van der Waals surface area contributed by atoms with Crippen LogP contribution in [0.3, 0.4) is 0 Å². The summed E-state index contributed by atoms with van der Waals surface area (Å²) in [5.74, 6) is 0.773. The molecular weight excluding hydrogens is 408 g/mol. The number of aryl methyl sites for hydroxylation is 3. The zero-order valence-electron chi connectivity index (χ0n) is 20.5. The highest BCUT2D eigenvalue weighted by Crippen LogP contribution is 2.33. The lowest BCUT2D eigenvalue weighted by molar-refractivity contribution is -0.119. The zero-order valence-corrected chi connectivity index (χ0v) is 20.5. The van der Waals surface area contributed by atoms with E-state index in [1.54, 1.807) is 0 Å². The fraction of sp³-hybridized carbons (Fsp3) is 0.517. The molecule has 176 valence electrons. The van der Waals surface area contributed by atoms with Gasteiger partial charge in [-0.15, -0.1) is 0 Å². The molecule has 0 radical (unpaired) electrons. The number of hydrogen-bond donors (Lipinski definition) is 0. The number of hydrogen-bond acceptors (Lipinski definition) is 2. The van der Waals surface area contributed by atoms with Crippen LogP contribution in [0, 0.1) is 19.8 Å². The lowest BCUT2D eigenvalue weighted by atomic mass is 9.81. The predicted octanol–water partition coefficient (Wildman–Crippen LogP) is 5.69. The lowest BCUT2D eigenvalue weighted by Crippen LogP contribution is -2.49. The van der Waals surface area contributed by atoms with Crippen molar-refractivity contribution in [2.75, 3.05) is 26.2 Å². The Morgan fingerprint density at radius 1 is 0.879 bits per heavy atom. The number of rotatable bonds is 6. The van der Waals surface area contributed by atoms with Crippen LogP contribution in [0.5, 0.6) is 0 Å². The van der Waals surface area contributed by atoms with E-state index in [2.05, 4.69) is 63.2 Å². The third kappa shape index (κ3) is 6.04. The highest BCUT2D eigenvalue weighted by Gasteiger charge is 2.34. The number of piperidine rings is 1. The van der Waals surface area contributed by atoms with Crippen LogP contribution >= 0.6 is 0 Å². The van der Waals surface area contributed by atoms with Crippen molar-refractivity contribution < 1.29 is 9.59 Å². The summed E-state index contributed by atoms with van der Waals surface area (Å²) in [5, 5.41) is 0. The molecule has 0 bridgehead atoms. The van der Waals surface area contributed by atoms with Crippen molar-refractivity contribution in [1.29, 1.82) is 0 Å². The molecule has 2 atom stereocenters. The summed E-state index contributed by atoms with van der Waals surface area (Å²) in [7, 11) is 0. The Balaban J connectivity index is 1.48. The number of benzene rings is 2. The Hall–Kier alpha value is -2.62. The Kier molecular flexibility index (Phi) is 7.52. The van der Waals surface area contributed by atoms with Crippen molar-refractivity contribution in [3.05, 3.63) is 70.3 Å². The van der Waals surface area contributed by atoms with E-state index < -0.39 is 0 Å².